The van der Waals surface area contributed by atoms with E-state index in [1.54, 1.807) is 38.0 Å². The van der Waals surface area contributed by atoms with Gasteiger partial charge in [-0.05, 0) is 82.0 Å². The van der Waals surface area contributed by atoms with E-state index in [0.717, 1.165) is 63.5 Å². The van der Waals surface area contributed by atoms with Gasteiger partial charge in [-0.15, -0.1) is 0 Å². The molecule has 2 fully saturated rings. The summed E-state index contributed by atoms with van der Waals surface area (Å²) in [4.78, 5) is 82.6. The standard InChI is InChI=1S/C50H87N7O8/c1-13-35(6)45(55(10)49(61)42(33(2)3)52-48(60)44(34(4)5)54(9)28-20-15-14-19-27-51)40(63-11)32-41(58)56-29-23-26-39(56)46(64-12)37(8)47(59)53-43(36(7)38-24-17-16-18-25-38)50(62)57-30-21-22-31-65-57/h16-18,24-25,33-37,39-40,42-46H,13-15,19-23,26-32,51H2,1-12H3,(H,52,60)(H,53,59). The van der Waals surface area contributed by atoms with Gasteiger partial charge in [-0.25, -0.2) is 5.06 Å². The van der Waals surface area contributed by atoms with Gasteiger partial charge < -0.3 is 35.6 Å². The van der Waals surface area contributed by atoms with Gasteiger partial charge in [0.2, 0.25) is 23.6 Å². The van der Waals surface area contributed by atoms with Gasteiger partial charge in [0.1, 0.15) is 12.1 Å². The Bertz CT molecular complexity index is 1610. The van der Waals surface area contributed by atoms with Gasteiger partial charge in [-0.2, -0.15) is 0 Å². The second-order valence-electron chi connectivity index (χ2n) is 19.4. The number of nitrogens with zero attached hydrogens (tertiary/aromatic N) is 4. The maximum absolute atomic E-state index is 14.6. The van der Waals surface area contributed by atoms with Crippen molar-refractivity contribution in [2.75, 3.05) is 61.1 Å². The van der Waals surface area contributed by atoms with Gasteiger partial charge in [0.05, 0.1) is 49.3 Å². The van der Waals surface area contributed by atoms with Crippen LogP contribution in [-0.2, 0) is 38.3 Å². The number of likely N-dealkylation sites (N-methyl/N-ethyl adjacent to an activating group) is 2. The lowest BCUT2D eigenvalue weighted by molar-refractivity contribution is -0.200. The number of hydroxylamine groups is 2. The third-order valence-electron chi connectivity index (χ3n) is 14.0. The van der Waals surface area contributed by atoms with Crippen molar-refractivity contribution in [2.45, 2.75) is 168 Å². The Labute approximate surface area is 391 Å². The lowest BCUT2D eigenvalue weighted by Gasteiger charge is -2.41. The van der Waals surface area contributed by atoms with E-state index in [1.165, 1.54) is 5.06 Å². The van der Waals surface area contributed by atoms with Crippen LogP contribution in [-0.4, -0.2) is 153 Å². The molecule has 0 spiro atoms. The number of likely N-dealkylation sites (tertiary alicyclic amines) is 1. The Morgan fingerprint density at radius 2 is 1.49 bits per heavy atom. The van der Waals surface area contributed by atoms with Crippen LogP contribution in [0.15, 0.2) is 30.3 Å². The van der Waals surface area contributed by atoms with Crippen molar-refractivity contribution in [2.24, 2.45) is 29.4 Å². The fourth-order valence-corrected chi connectivity index (χ4v) is 9.85. The van der Waals surface area contributed by atoms with Gasteiger partial charge in [0, 0.05) is 40.3 Å². The molecule has 1 aromatic carbocycles. The molecule has 4 N–H and O–H groups in total. The highest BCUT2D eigenvalue weighted by molar-refractivity contribution is 5.91. The number of nitrogens with two attached hydrogens (primary N) is 1. The van der Waals surface area contributed by atoms with E-state index in [-0.39, 0.29) is 59.6 Å². The normalized spacial score (nSPS) is 19.8. The highest BCUT2D eigenvalue weighted by Crippen LogP contribution is 2.31. The van der Waals surface area contributed by atoms with Gasteiger partial charge in [0.15, 0.2) is 0 Å². The molecule has 2 saturated heterocycles. The number of methoxy groups -OCH3 is 2. The van der Waals surface area contributed by atoms with Crippen molar-refractivity contribution in [1.82, 2.24) is 30.4 Å². The summed E-state index contributed by atoms with van der Waals surface area (Å²) in [6.07, 6.45) is 6.50. The molecule has 370 valence electrons. The minimum absolute atomic E-state index is 0.00183. The average Bonchev–Trinajstić information content (AvgIpc) is 3.79. The number of rotatable bonds is 27. The second-order valence-corrected chi connectivity index (χ2v) is 19.4. The van der Waals surface area contributed by atoms with Crippen molar-refractivity contribution in [3.63, 3.8) is 0 Å². The number of hydrogen-bond donors (Lipinski definition) is 3. The van der Waals surface area contributed by atoms with Crippen molar-refractivity contribution < 1.29 is 38.3 Å². The number of amides is 5. The molecule has 65 heavy (non-hydrogen) atoms. The molecule has 2 aliphatic rings. The van der Waals surface area contributed by atoms with Crippen LogP contribution >= 0.6 is 0 Å². The molecule has 0 aliphatic carbocycles. The molecule has 0 aromatic heterocycles. The Morgan fingerprint density at radius 1 is 0.831 bits per heavy atom. The van der Waals surface area contributed by atoms with Crippen LogP contribution in [0.3, 0.4) is 0 Å². The summed E-state index contributed by atoms with van der Waals surface area (Å²) >= 11 is 0. The van der Waals surface area contributed by atoms with Crippen molar-refractivity contribution >= 4 is 29.5 Å². The summed E-state index contributed by atoms with van der Waals surface area (Å²) < 4.78 is 12.2. The average molecular weight is 914 g/mol. The van der Waals surface area contributed by atoms with E-state index >= 15 is 0 Å². The minimum Gasteiger partial charge on any atom is -0.379 e. The molecule has 5 amide bonds. The summed E-state index contributed by atoms with van der Waals surface area (Å²) in [7, 11) is 6.85. The number of carbonyl (C=O) groups is 5. The number of unbranched alkanes of at least 4 members (excludes halogenated alkanes) is 3. The number of benzene rings is 1. The van der Waals surface area contributed by atoms with Crippen LogP contribution in [0.4, 0.5) is 0 Å². The van der Waals surface area contributed by atoms with Crippen LogP contribution < -0.4 is 16.4 Å². The Morgan fingerprint density at radius 3 is 2.06 bits per heavy atom. The topological polar surface area (TPSA) is 176 Å². The van der Waals surface area contributed by atoms with E-state index < -0.39 is 48.3 Å². The second kappa shape index (κ2) is 27.9. The molecular formula is C50H87N7O8. The van der Waals surface area contributed by atoms with Crippen molar-refractivity contribution in [3.8, 4) is 0 Å². The molecule has 0 saturated carbocycles. The zero-order valence-electron chi connectivity index (χ0n) is 42.1. The molecule has 0 bridgehead atoms. The minimum atomic E-state index is -0.882. The third-order valence-corrected chi connectivity index (χ3v) is 14.0. The van der Waals surface area contributed by atoms with Crippen LogP contribution in [0.5, 0.6) is 0 Å². The molecule has 10 unspecified atom stereocenters. The third kappa shape index (κ3) is 15.5. The SMILES string of the molecule is CCC(C)C(C(CC(=O)N1CCCC1C(OC)C(C)C(=O)NC(C(=O)N1CCCCO1)C(C)c1ccccc1)OC)N(C)C(=O)C(NC(=O)C(C(C)C)N(C)CCCCCCN)C(C)C. The highest BCUT2D eigenvalue weighted by Gasteiger charge is 2.44. The Balaban J connectivity index is 1.80. The van der Waals surface area contributed by atoms with Crippen LogP contribution in [0.1, 0.15) is 131 Å². The predicted octanol–water partition coefficient (Wildman–Crippen LogP) is 5.37. The Kier molecular flexibility index (Phi) is 23.9. The fourth-order valence-electron chi connectivity index (χ4n) is 9.85. The van der Waals surface area contributed by atoms with Crippen LogP contribution in [0.25, 0.3) is 0 Å². The van der Waals surface area contributed by atoms with Crippen LogP contribution in [0.2, 0.25) is 0 Å². The van der Waals surface area contributed by atoms with E-state index in [4.69, 9.17) is 20.0 Å². The van der Waals surface area contributed by atoms with E-state index in [1.807, 2.05) is 72.0 Å². The van der Waals surface area contributed by atoms with Gasteiger partial charge >= 0.3 is 0 Å². The summed E-state index contributed by atoms with van der Waals surface area (Å²) in [5, 5.41) is 7.59. The number of ether oxygens (including phenoxy) is 2. The smallest absolute Gasteiger partial charge is 0.269 e. The monoisotopic (exact) mass is 914 g/mol. The molecular weight excluding hydrogens is 827 g/mol. The molecule has 1 aromatic rings. The lowest BCUT2D eigenvalue weighted by Crippen LogP contribution is -2.60. The molecule has 15 heteroatoms. The Hall–Kier alpha value is -3.63. The first-order chi connectivity index (χ1) is 30.9. The number of nitrogens with one attached hydrogen (secondary N) is 2. The number of hydrogen-bond acceptors (Lipinski definition) is 10. The zero-order chi connectivity index (χ0) is 48.4. The van der Waals surface area contributed by atoms with Gasteiger partial charge in [0.25, 0.3) is 5.91 Å². The molecule has 10 atom stereocenters. The molecule has 2 heterocycles. The molecule has 2 aliphatic heterocycles. The van der Waals surface area contributed by atoms with Crippen molar-refractivity contribution in [3.05, 3.63) is 35.9 Å². The zero-order valence-corrected chi connectivity index (χ0v) is 42.1. The quantitative estimate of drug-likeness (QED) is 0.0975. The summed E-state index contributed by atoms with van der Waals surface area (Å²) in [6.45, 7) is 18.6. The largest absolute Gasteiger partial charge is 0.379 e. The van der Waals surface area contributed by atoms with E-state index in [0.29, 0.717) is 32.7 Å². The first kappa shape index (κ1) is 55.7. The molecule has 3 rings (SSSR count). The maximum atomic E-state index is 14.6. The predicted molar refractivity (Wildman–Crippen MR) is 255 cm³/mol. The molecule has 0 radical (unpaired) electrons. The number of carbonyl (C=O) groups excluding carboxylic acids is 5. The van der Waals surface area contributed by atoms with Crippen LogP contribution in [0, 0.1) is 23.7 Å². The van der Waals surface area contributed by atoms with E-state index in [2.05, 4.69) is 29.4 Å². The molecule has 15 nitrogen and oxygen atoms in total. The summed E-state index contributed by atoms with van der Waals surface area (Å²) in [5.41, 5.74) is 6.59. The first-order valence-corrected chi connectivity index (χ1v) is 24.6. The summed E-state index contributed by atoms with van der Waals surface area (Å²) in [5.74, 6) is -2.50. The fraction of sp³-hybridized carbons (Fsp3) is 0.780. The lowest BCUT2D eigenvalue weighted by atomic mass is 9.89. The van der Waals surface area contributed by atoms with Crippen molar-refractivity contribution in [1.29, 1.82) is 0 Å². The van der Waals surface area contributed by atoms with Gasteiger partial charge in [-0.1, -0.05) is 105 Å². The summed E-state index contributed by atoms with van der Waals surface area (Å²) in [6, 6.07) is 6.67. The van der Waals surface area contributed by atoms with Gasteiger partial charge in [-0.3, -0.25) is 33.7 Å². The first-order valence-electron chi connectivity index (χ1n) is 24.6. The maximum Gasteiger partial charge on any atom is 0.269 e. The highest BCUT2D eigenvalue weighted by atomic mass is 16.7. The van der Waals surface area contributed by atoms with E-state index in [9.17, 15) is 24.0 Å².